The van der Waals surface area contributed by atoms with Crippen molar-refractivity contribution in [3.63, 3.8) is 0 Å². The van der Waals surface area contributed by atoms with Crippen LogP contribution in [0.3, 0.4) is 0 Å². The van der Waals surface area contributed by atoms with E-state index in [0.29, 0.717) is 24.0 Å². The summed E-state index contributed by atoms with van der Waals surface area (Å²) in [5.41, 5.74) is 2.94. The summed E-state index contributed by atoms with van der Waals surface area (Å²) in [5.74, 6) is 1.13. The fourth-order valence-corrected chi connectivity index (χ4v) is 2.20. The number of pyridine rings is 1. The van der Waals surface area contributed by atoms with Crippen LogP contribution in [0.1, 0.15) is 49.9 Å². The van der Waals surface area contributed by atoms with Gasteiger partial charge in [-0.3, -0.25) is 0 Å². The van der Waals surface area contributed by atoms with Gasteiger partial charge in [0.2, 0.25) is 5.88 Å². The van der Waals surface area contributed by atoms with Crippen LogP contribution in [0.5, 0.6) is 5.88 Å². The SMILES string of the molecule is CC(C)CCOc1nc2c(cc1C#N)CCCC2. The molecular weight excluding hydrogens is 224 g/mol. The molecule has 0 fully saturated rings. The number of rotatable bonds is 4. The second-order valence-corrected chi connectivity index (χ2v) is 5.30. The molecule has 0 spiro atoms. The normalized spacial score (nSPS) is 14.1. The van der Waals surface area contributed by atoms with Gasteiger partial charge in [-0.2, -0.15) is 5.26 Å². The maximum Gasteiger partial charge on any atom is 0.231 e. The summed E-state index contributed by atoms with van der Waals surface area (Å²) >= 11 is 0. The second-order valence-electron chi connectivity index (χ2n) is 5.30. The maximum atomic E-state index is 9.16. The number of nitrogens with zero attached hydrogens (tertiary/aromatic N) is 2. The first-order valence-electron chi connectivity index (χ1n) is 6.76. The average molecular weight is 244 g/mol. The molecule has 3 heteroatoms. The molecule has 0 unspecified atom stereocenters. The smallest absolute Gasteiger partial charge is 0.231 e. The third-order valence-corrected chi connectivity index (χ3v) is 3.32. The Morgan fingerprint density at radius 3 is 2.89 bits per heavy atom. The Hall–Kier alpha value is -1.56. The fourth-order valence-electron chi connectivity index (χ4n) is 2.20. The van der Waals surface area contributed by atoms with Crippen LogP contribution in [0, 0.1) is 17.2 Å². The Balaban J connectivity index is 2.15. The molecule has 1 aliphatic rings. The van der Waals surface area contributed by atoms with Gasteiger partial charge in [-0.1, -0.05) is 13.8 Å². The van der Waals surface area contributed by atoms with Crippen LogP contribution in [0.25, 0.3) is 0 Å². The Morgan fingerprint density at radius 2 is 2.17 bits per heavy atom. The Kier molecular flexibility index (Phi) is 4.19. The molecule has 0 saturated heterocycles. The topological polar surface area (TPSA) is 45.9 Å². The summed E-state index contributed by atoms with van der Waals surface area (Å²) in [5, 5.41) is 9.16. The number of fused-ring (bicyclic) bond motifs is 1. The zero-order valence-electron chi connectivity index (χ0n) is 11.2. The first kappa shape index (κ1) is 12.9. The van der Waals surface area contributed by atoms with Gasteiger partial charge in [0, 0.05) is 5.69 Å². The van der Waals surface area contributed by atoms with Crippen LogP contribution in [0.2, 0.25) is 0 Å². The van der Waals surface area contributed by atoms with E-state index in [4.69, 9.17) is 10.00 Å². The Morgan fingerprint density at radius 1 is 1.39 bits per heavy atom. The molecule has 96 valence electrons. The summed E-state index contributed by atoms with van der Waals surface area (Å²) in [6, 6.07) is 4.16. The largest absolute Gasteiger partial charge is 0.477 e. The highest BCUT2D eigenvalue weighted by Gasteiger charge is 2.15. The van der Waals surface area contributed by atoms with E-state index in [1.807, 2.05) is 6.07 Å². The lowest BCUT2D eigenvalue weighted by atomic mass is 9.95. The molecule has 1 aromatic rings. The van der Waals surface area contributed by atoms with Crippen LogP contribution in [-0.4, -0.2) is 11.6 Å². The standard InChI is InChI=1S/C15H20N2O/c1-11(2)7-8-18-15-13(10-16)9-12-5-3-4-6-14(12)17-15/h9,11H,3-8H2,1-2H3. The van der Waals surface area contributed by atoms with E-state index >= 15 is 0 Å². The lowest BCUT2D eigenvalue weighted by Gasteiger charge is -2.17. The fraction of sp³-hybridized carbons (Fsp3) is 0.600. The Bertz CT molecular complexity index is 460. The summed E-state index contributed by atoms with van der Waals surface area (Å²) in [6.07, 6.45) is 5.44. The van der Waals surface area contributed by atoms with Crippen molar-refractivity contribution in [2.45, 2.75) is 46.0 Å². The molecule has 1 aliphatic carbocycles. The molecule has 0 N–H and O–H groups in total. The van der Waals surface area contributed by atoms with Crippen LogP contribution in [0.15, 0.2) is 6.07 Å². The summed E-state index contributed by atoms with van der Waals surface area (Å²) in [6.45, 7) is 4.96. The van der Waals surface area contributed by atoms with Crippen molar-refractivity contribution in [3.8, 4) is 11.9 Å². The van der Waals surface area contributed by atoms with Gasteiger partial charge >= 0.3 is 0 Å². The molecular formula is C15H20N2O. The van der Waals surface area contributed by atoms with Crippen molar-refractivity contribution in [2.24, 2.45) is 5.92 Å². The third kappa shape index (κ3) is 3.01. The number of hydrogen-bond donors (Lipinski definition) is 0. The molecule has 0 bridgehead atoms. The van der Waals surface area contributed by atoms with Crippen molar-refractivity contribution in [3.05, 3.63) is 22.9 Å². The van der Waals surface area contributed by atoms with Gasteiger partial charge in [0.15, 0.2) is 0 Å². The molecule has 1 aromatic heterocycles. The first-order chi connectivity index (χ1) is 8.70. The third-order valence-electron chi connectivity index (χ3n) is 3.32. The average Bonchev–Trinajstić information content (AvgIpc) is 2.37. The van der Waals surface area contributed by atoms with Gasteiger partial charge in [0.25, 0.3) is 0 Å². The number of aromatic nitrogens is 1. The highest BCUT2D eigenvalue weighted by atomic mass is 16.5. The van der Waals surface area contributed by atoms with Crippen molar-refractivity contribution < 1.29 is 4.74 Å². The van der Waals surface area contributed by atoms with E-state index in [1.54, 1.807) is 0 Å². The zero-order chi connectivity index (χ0) is 13.0. The summed E-state index contributed by atoms with van der Waals surface area (Å²) in [7, 11) is 0. The summed E-state index contributed by atoms with van der Waals surface area (Å²) < 4.78 is 5.67. The van der Waals surface area contributed by atoms with Gasteiger partial charge in [-0.25, -0.2) is 4.98 Å². The van der Waals surface area contributed by atoms with E-state index < -0.39 is 0 Å². The number of nitriles is 1. The minimum absolute atomic E-state index is 0.527. The summed E-state index contributed by atoms with van der Waals surface area (Å²) in [4.78, 5) is 4.54. The van der Waals surface area contributed by atoms with E-state index in [1.165, 1.54) is 18.4 Å². The molecule has 0 aliphatic heterocycles. The second kappa shape index (κ2) is 5.86. The number of ether oxygens (including phenoxy) is 1. The van der Waals surface area contributed by atoms with Crippen molar-refractivity contribution in [1.82, 2.24) is 4.98 Å². The van der Waals surface area contributed by atoms with Crippen molar-refractivity contribution in [1.29, 1.82) is 5.26 Å². The minimum Gasteiger partial charge on any atom is -0.477 e. The molecule has 2 rings (SSSR count). The van der Waals surface area contributed by atoms with Crippen LogP contribution < -0.4 is 4.74 Å². The van der Waals surface area contributed by atoms with Crippen molar-refractivity contribution >= 4 is 0 Å². The van der Waals surface area contributed by atoms with Gasteiger partial charge < -0.3 is 4.74 Å². The number of aryl methyl sites for hydroxylation is 2. The van der Waals surface area contributed by atoms with E-state index in [-0.39, 0.29) is 0 Å². The van der Waals surface area contributed by atoms with Crippen LogP contribution in [0.4, 0.5) is 0 Å². The quantitative estimate of drug-likeness (QED) is 0.816. The van der Waals surface area contributed by atoms with Crippen molar-refractivity contribution in [2.75, 3.05) is 6.61 Å². The van der Waals surface area contributed by atoms with Gasteiger partial charge in [0.05, 0.1) is 6.61 Å². The number of hydrogen-bond acceptors (Lipinski definition) is 3. The first-order valence-corrected chi connectivity index (χ1v) is 6.76. The van der Waals surface area contributed by atoms with E-state index in [9.17, 15) is 0 Å². The predicted molar refractivity (Wildman–Crippen MR) is 70.5 cm³/mol. The molecule has 0 amide bonds. The predicted octanol–water partition coefficient (Wildman–Crippen LogP) is 3.26. The molecule has 0 saturated carbocycles. The van der Waals surface area contributed by atoms with E-state index in [2.05, 4.69) is 24.9 Å². The molecule has 3 nitrogen and oxygen atoms in total. The maximum absolute atomic E-state index is 9.16. The van der Waals surface area contributed by atoms with Crippen LogP contribution in [-0.2, 0) is 12.8 Å². The molecule has 1 heterocycles. The highest BCUT2D eigenvalue weighted by molar-refractivity contribution is 5.43. The van der Waals surface area contributed by atoms with E-state index in [0.717, 1.165) is 25.0 Å². The minimum atomic E-state index is 0.527. The lowest BCUT2D eigenvalue weighted by molar-refractivity contribution is 0.277. The van der Waals surface area contributed by atoms with Crippen LogP contribution >= 0.6 is 0 Å². The highest BCUT2D eigenvalue weighted by Crippen LogP contribution is 2.25. The molecule has 0 radical (unpaired) electrons. The van der Waals surface area contributed by atoms with Gasteiger partial charge in [0.1, 0.15) is 11.6 Å². The molecule has 0 aromatic carbocycles. The van der Waals surface area contributed by atoms with Gasteiger partial charge in [-0.15, -0.1) is 0 Å². The lowest BCUT2D eigenvalue weighted by Crippen LogP contribution is -2.10. The zero-order valence-corrected chi connectivity index (χ0v) is 11.2. The van der Waals surface area contributed by atoms with Gasteiger partial charge in [-0.05, 0) is 49.7 Å². The monoisotopic (exact) mass is 244 g/mol. The molecule has 0 atom stereocenters. The Labute approximate surface area is 109 Å². The molecule has 18 heavy (non-hydrogen) atoms.